The molecule has 3 heterocycles. The molecule has 2 aromatic carbocycles. The van der Waals surface area contributed by atoms with Gasteiger partial charge in [0.2, 0.25) is 11.8 Å². The van der Waals surface area contributed by atoms with E-state index >= 15 is 0 Å². The van der Waals surface area contributed by atoms with Crippen LogP contribution in [-0.4, -0.2) is 97.3 Å². The molecule has 4 atom stereocenters. The maximum Gasteiger partial charge on any atom is 0.409 e. The standard InChI is InChI=1S/C35H43N3O8/c1-4-45-34(42)37-17-15-36(16-18-37)31(39)19-28-21-35(33(41)43-3)25(2)46-29(24-44-23-27-13-9-6-10-14-27)20-30(35)38(32(28)40)22-26-11-7-5-8-12-26/h5-14,20,25,28-29H,4,15-19,21-24H2,1-3H3/t25-,28+,29-,35+/m1/s1. The molecule has 46 heavy (non-hydrogen) atoms. The summed E-state index contributed by atoms with van der Waals surface area (Å²) in [5, 5.41) is 0. The van der Waals surface area contributed by atoms with Gasteiger partial charge in [0.1, 0.15) is 11.5 Å². The van der Waals surface area contributed by atoms with Crippen molar-refractivity contribution in [3.05, 3.63) is 83.6 Å². The topological polar surface area (TPSA) is 115 Å². The normalized spacial score (nSPS) is 24.6. The Labute approximate surface area is 270 Å². The maximum atomic E-state index is 14.3. The predicted octanol–water partition coefficient (Wildman–Crippen LogP) is 3.77. The molecule has 0 spiro atoms. The second-order valence-corrected chi connectivity index (χ2v) is 11.9. The quantitative estimate of drug-likeness (QED) is 0.364. The number of piperazine rings is 1. The number of likely N-dealkylation sites (tertiary alicyclic amines) is 1. The Balaban J connectivity index is 1.40. The molecular formula is C35H43N3O8. The molecule has 2 aromatic rings. The number of benzene rings is 2. The van der Waals surface area contributed by atoms with Gasteiger partial charge in [0.05, 0.1) is 39.6 Å². The Hall–Kier alpha value is -4.22. The molecular weight excluding hydrogens is 590 g/mol. The molecule has 3 aliphatic rings. The second-order valence-electron chi connectivity index (χ2n) is 11.9. The molecule has 0 aromatic heterocycles. The van der Waals surface area contributed by atoms with Crippen molar-refractivity contribution in [1.29, 1.82) is 0 Å². The van der Waals surface area contributed by atoms with Crippen molar-refractivity contribution in [3.8, 4) is 0 Å². The van der Waals surface area contributed by atoms with Gasteiger partial charge in [-0.15, -0.1) is 0 Å². The van der Waals surface area contributed by atoms with Gasteiger partial charge in [0.15, 0.2) is 0 Å². The molecule has 0 aliphatic carbocycles. The number of carbonyl (C=O) groups excluding carboxylic acids is 4. The summed E-state index contributed by atoms with van der Waals surface area (Å²) in [5.41, 5.74) is 1.12. The largest absolute Gasteiger partial charge is 0.468 e. The van der Waals surface area contributed by atoms with Crippen molar-refractivity contribution in [2.45, 2.75) is 52.0 Å². The summed E-state index contributed by atoms with van der Waals surface area (Å²) in [6, 6.07) is 19.4. The van der Waals surface area contributed by atoms with Gasteiger partial charge < -0.3 is 33.6 Å². The lowest BCUT2D eigenvalue weighted by Crippen LogP contribution is -2.60. The Morgan fingerprint density at radius 1 is 0.935 bits per heavy atom. The molecule has 11 nitrogen and oxygen atoms in total. The minimum absolute atomic E-state index is 0.0723. The maximum absolute atomic E-state index is 14.3. The smallest absolute Gasteiger partial charge is 0.409 e. The third-order valence-corrected chi connectivity index (χ3v) is 9.05. The number of hydrogen-bond donors (Lipinski definition) is 0. The number of nitrogens with zero attached hydrogens (tertiary/aromatic N) is 3. The fourth-order valence-corrected chi connectivity index (χ4v) is 6.64. The molecule has 5 rings (SSSR count). The van der Waals surface area contributed by atoms with Gasteiger partial charge in [-0.25, -0.2) is 4.79 Å². The number of methoxy groups -OCH3 is 1. The lowest BCUT2D eigenvalue weighted by atomic mass is 9.66. The zero-order valence-electron chi connectivity index (χ0n) is 26.8. The van der Waals surface area contributed by atoms with Crippen LogP contribution in [0.1, 0.15) is 37.8 Å². The van der Waals surface area contributed by atoms with Crippen molar-refractivity contribution in [2.24, 2.45) is 11.3 Å². The lowest BCUT2D eigenvalue weighted by molar-refractivity contribution is -0.178. The average molecular weight is 634 g/mol. The summed E-state index contributed by atoms with van der Waals surface area (Å²) in [5.74, 6) is -1.73. The Morgan fingerprint density at radius 2 is 1.57 bits per heavy atom. The van der Waals surface area contributed by atoms with Crippen LogP contribution in [0.2, 0.25) is 0 Å². The molecule has 3 aliphatic heterocycles. The molecule has 11 heteroatoms. The number of amides is 3. The second kappa shape index (κ2) is 14.9. The summed E-state index contributed by atoms with van der Waals surface area (Å²) in [4.78, 5) is 58.7. The van der Waals surface area contributed by atoms with E-state index in [0.717, 1.165) is 11.1 Å². The first-order chi connectivity index (χ1) is 22.3. The number of hydrogen-bond acceptors (Lipinski definition) is 8. The van der Waals surface area contributed by atoms with E-state index in [1.807, 2.05) is 73.7 Å². The van der Waals surface area contributed by atoms with Crippen molar-refractivity contribution in [3.63, 3.8) is 0 Å². The number of ether oxygens (including phenoxy) is 4. The first-order valence-corrected chi connectivity index (χ1v) is 15.9. The lowest BCUT2D eigenvalue weighted by Gasteiger charge is -2.51. The van der Waals surface area contributed by atoms with Crippen LogP contribution in [0.5, 0.6) is 0 Å². The highest BCUT2D eigenvalue weighted by atomic mass is 16.6. The van der Waals surface area contributed by atoms with Gasteiger partial charge >= 0.3 is 12.1 Å². The Kier molecular flexibility index (Phi) is 10.7. The van der Waals surface area contributed by atoms with Crippen LogP contribution in [0.15, 0.2) is 72.4 Å². The highest BCUT2D eigenvalue weighted by Crippen LogP contribution is 2.50. The number of carbonyl (C=O) groups is 4. The minimum Gasteiger partial charge on any atom is -0.468 e. The molecule has 0 radical (unpaired) electrons. The Bertz CT molecular complexity index is 1410. The summed E-state index contributed by atoms with van der Waals surface area (Å²) in [7, 11) is 1.33. The summed E-state index contributed by atoms with van der Waals surface area (Å²) in [6.07, 6.45) is 0.237. The van der Waals surface area contributed by atoms with Crippen molar-refractivity contribution < 1.29 is 38.1 Å². The van der Waals surface area contributed by atoms with Crippen LogP contribution < -0.4 is 0 Å². The van der Waals surface area contributed by atoms with E-state index in [2.05, 4.69) is 0 Å². The average Bonchev–Trinajstić information content (AvgIpc) is 3.08. The van der Waals surface area contributed by atoms with E-state index in [1.165, 1.54) is 7.11 Å². The molecule has 0 saturated carbocycles. The highest BCUT2D eigenvalue weighted by molar-refractivity contribution is 5.92. The minimum atomic E-state index is -1.30. The summed E-state index contributed by atoms with van der Waals surface area (Å²) in [6.45, 7) is 6.06. The third-order valence-electron chi connectivity index (χ3n) is 9.05. The van der Waals surface area contributed by atoms with E-state index in [0.29, 0.717) is 38.5 Å². The first kappa shape index (κ1) is 33.2. The van der Waals surface area contributed by atoms with Gasteiger partial charge in [0.25, 0.3) is 0 Å². The van der Waals surface area contributed by atoms with Gasteiger partial charge in [-0.3, -0.25) is 14.4 Å². The van der Waals surface area contributed by atoms with Crippen LogP contribution in [0.25, 0.3) is 0 Å². The van der Waals surface area contributed by atoms with Crippen molar-refractivity contribution >= 4 is 23.9 Å². The number of esters is 1. The van der Waals surface area contributed by atoms with Gasteiger partial charge in [-0.2, -0.15) is 0 Å². The summed E-state index contributed by atoms with van der Waals surface area (Å²) >= 11 is 0. The van der Waals surface area contributed by atoms with Gasteiger partial charge in [-0.1, -0.05) is 60.7 Å². The van der Waals surface area contributed by atoms with E-state index < -0.39 is 35.6 Å². The molecule has 3 amide bonds. The fraction of sp³-hybridized carbons (Fsp3) is 0.486. The van der Waals surface area contributed by atoms with Crippen LogP contribution in [0, 0.1) is 11.3 Å². The molecule has 0 N–H and O–H groups in total. The first-order valence-electron chi connectivity index (χ1n) is 15.9. The zero-order valence-corrected chi connectivity index (χ0v) is 26.8. The predicted molar refractivity (Wildman–Crippen MR) is 168 cm³/mol. The van der Waals surface area contributed by atoms with Crippen molar-refractivity contribution in [1.82, 2.24) is 14.7 Å². The van der Waals surface area contributed by atoms with E-state index in [4.69, 9.17) is 18.9 Å². The summed E-state index contributed by atoms with van der Waals surface area (Å²) < 4.78 is 22.9. The fourth-order valence-electron chi connectivity index (χ4n) is 6.64. The van der Waals surface area contributed by atoms with E-state index in [-0.39, 0.29) is 44.4 Å². The zero-order chi connectivity index (χ0) is 32.7. The number of fused-ring (bicyclic) bond motifs is 1. The SMILES string of the molecule is CCOC(=O)N1CCN(C(=O)C[C@H]2C[C@@]3(C(=O)OC)C(=C[C@H](COCc4ccccc4)O[C@@H]3C)N(Cc3ccccc3)C2=O)CC1. The van der Waals surface area contributed by atoms with E-state index in [1.54, 1.807) is 21.6 Å². The number of piperidine rings is 1. The van der Waals surface area contributed by atoms with E-state index in [9.17, 15) is 19.2 Å². The van der Waals surface area contributed by atoms with Crippen molar-refractivity contribution in [2.75, 3.05) is 46.5 Å². The van der Waals surface area contributed by atoms with Crippen LogP contribution in [0.4, 0.5) is 4.79 Å². The number of rotatable bonds is 10. The van der Waals surface area contributed by atoms with Gasteiger partial charge in [0, 0.05) is 44.2 Å². The monoisotopic (exact) mass is 633 g/mol. The van der Waals surface area contributed by atoms with Crippen LogP contribution in [0.3, 0.4) is 0 Å². The molecule has 0 unspecified atom stereocenters. The van der Waals surface area contributed by atoms with Crippen LogP contribution >= 0.6 is 0 Å². The third kappa shape index (κ3) is 7.10. The molecule has 246 valence electrons. The van der Waals surface area contributed by atoms with Gasteiger partial charge in [-0.05, 0) is 37.5 Å². The molecule has 2 saturated heterocycles. The molecule has 0 bridgehead atoms. The highest BCUT2D eigenvalue weighted by Gasteiger charge is 2.59. The van der Waals surface area contributed by atoms with Crippen LogP contribution in [-0.2, 0) is 46.5 Å². The Morgan fingerprint density at radius 3 is 2.20 bits per heavy atom. The molecule has 2 fully saturated rings.